The zero-order valence-electron chi connectivity index (χ0n) is 21.9. The van der Waals surface area contributed by atoms with Crippen LogP contribution in [-0.2, 0) is 4.79 Å². The van der Waals surface area contributed by atoms with Crippen molar-refractivity contribution in [1.82, 2.24) is 0 Å². The number of benzene rings is 4. The fraction of sp³-hybridized carbons (Fsp3) is 0.242. The van der Waals surface area contributed by atoms with E-state index >= 15 is 0 Å². The van der Waals surface area contributed by atoms with Crippen LogP contribution in [0.5, 0.6) is 5.75 Å². The van der Waals surface area contributed by atoms with E-state index in [1.807, 2.05) is 24.3 Å². The number of nitrogens with one attached hydrogen (secondary N) is 1. The van der Waals surface area contributed by atoms with Crippen LogP contribution in [0.2, 0.25) is 0 Å². The number of rotatable bonds is 7. The topological polar surface area (TPSA) is 81.5 Å². The minimum Gasteiger partial charge on any atom is -0.494 e. The van der Waals surface area contributed by atoms with Gasteiger partial charge in [0, 0.05) is 35.4 Å². The second-order valence-electron chi connectivity index (χ2n) is 10.3. The van der Waals surface area contributed by atoms with E-state index in [9.17, 15) is 14.9 Å². The number of carbonyl (C=O) groups is 1. The Morgan fingerprint density at radius 3 is 2.41 bits per heavy atom. The van der Waals surface area contributed by atoms with Gasteiger partial charge in [0.05, 0.1) is 17.6 Å². The van der Waals surface area contributed by atoms with Gasteiger partial charge in [-0.05, 0) is 76.6 Å². The van der Waals surface area contributed by atoms with Crippen molar-refractivity contribution >= 4 is 33.5 Å². The number of nitro groups is 1. The number of fused-ring (bicyclic) bond motifs is 4. The average molecular weight is 519 g/mol. The predicted octanol–water partition coefficient (Wildman–Crippen LogP) is 7.99. The highest BCUT2D eigenvalue weighted by molar-refractivity contribution is 6.13. The van der Waals surface area contributed by atoms with Crippen molar-refractivity contribution in [1.29, 1.82) is 0 Å². The molecule has 0 saturated carbocycles. The molecule has 2 atom stereocenters. The lowest BCUT2D eigenvalue weighted by molar-refractivity contribution is -0.384. The van der Waals surface area contributed by atoms with Crippen molar-refractivity contribution in [3.05, 3.63) is 117 Å². The summed E-state index contributed by atoms with van der Waals surface area (Å²) in [6.45, 7) is 2.85. The van der Waals surface area contributed by atoms with Crippen LogP contribution in [0.4, 0.5) is 11.4 Å². The molecule has 0 fully saturated rings. The number of Topliss-reactive ketones (excluding diaryl/α,β-unsaturated/α-hetero) is 1. The van der Waals surface area contributed by atoms with Crippen molar-refractivity contribution in [2.75, 3.05) is 11.9 Å². The zero-order valence-corrected chi connectivity index (χ0v) is 21.9. The van der Waals surface area contributed by atoms with Crippen LogP contribution in [0, 0.1) is 10.1 Å². The predicted molar refractivity (Wildman–Crippen MR) is 154 cm³/mol. The summed E-state index contributed by atoms with van der Waals surface area (Å²) in [4.78, 5) is 24.8. The third-order valence-electron chi connectivity index (χ3n) is 7.88. The Hall–Kier alpha value is -4.45. The molecule has 39 heavy (non-hydrogen) atoms. The number of unbranched alkanes of at least 4 members (excludes halogenated alkanes) is 1. The minimum absolute atomic E-state index is 0.0345. The van der Waals surface area contributed by atoms with Crippen molar-refractivity contribution < 1.29 is 14.5 Å². The van der Waals surface area contributed by atoms with Gasteiger partial charge in [0.1, 0.15) is 5.75 Å². The number of carbonyl (C=O) groups excluding carboxylic acids is 1. The van der Waals surface area contributed by atoms with Crippen LogP contribution < -0.4 is 10.1 Å². The molecule has 6 heteroatoms. The summed E-state index contributed by atoms with van der Waals surface area (Å²) in [5.41, 5.74) is 5.89. The van der Waals surface area contributed by atoms with Gasteiger partial charge in [0.15, 0.2) is 5.78 Å². The van der Waals surface area contributed by atoms with Crippen molar-refractivity contribution in [3.8, 4) is 5.75 Å². The minimum atomic E-state index is -0.402. The van der Waals surface area contributed by atoms with Gasteiger partial charge in [-0.15, -0.1) is 0 Å². The normalized spacial score (nSPS) is 18.3. The molecule has 0 unspecified atom stereocenters. The SMILES string of the molecule is CCCCOc1ccc([C@@H]2CC(=O)C3=C(C2)c2c(ccc4ccccc24)N[C@@H]3c2ccc([N+](=O)[O-])cc2)cc1. The molecule has 0 aromatic heterocycles. The third-order valence-corrected chi connectivity index (χ3v) is 7.88. The number of hydrogen-bond acceptors (Lipinski definition) is 5. The van der Waals surface area contributed by atoms with Gasteiger partial charge in [-0.2, -0.15) is 0 Å². The molecule has 0 bridgehead atoms. The first kappa shape index (κ1) is 24.9. The van der Waals surface area contributed by atoms with E-state index in [0.29, 0.717) is 13.0 Å². The second kappa shape index (κ2) is 10.4. The highest BCUT2D eigenvalue weighted by Gasteiger charge is 2.38. The monoisotopic (exact) mass is 518 g/mol. The molecule has 6 nitrogen and oxygen atoms in total. The second-order valence-corrected chi connectivity index (χ2v) is 10.3. The summed E-state index contributed by atoms with van der Waals surface area (Å²) < 4.78 is 5.85. The van der Waals surface area contributed by atoms with E-state index in [1.165, 1.54) is 12.1 Å². The van der Waals surface area contributed by atoms with Crippen LogP contribution >= 0.6 is 0 Å². The molecule has 1 aliphatic heterocycles. The first-order valence-electron chi connectivity index (χ1n) is 13.6. The Kier molecular flexibility index (Phi) is 6.61. The van der Waals surface area contributed by atoms with E-state index in [4.69, 9.17) is 4.74 Å². The largest absolute Gasteiger partial charge is 0.494 e. The first-order chi connectivity index (χ1) is 19.0. The van der Waals surface area contributed by atoms with Crippen LogP contribution in [0.1, 0.15) is 61.3 Å². The molecule has 1 aliphatic carbocycles. The Labute approximate surface area is 227 Å². The number of ketones is 1. The quantitative estimate of drug-likeness (QED) is 0.152. The highest BCUT2D eigenvalue weighted by Crippen LogP contribution is 2.51. The summed E-state index contributed by atoms with van der Waals surface area (Å²) in [5.74, 6) is 1.02. The summed E-state index contributed by atoms with van der Waals surface area (Å²) in [6.07, 6.45) is 3.27. The number of non-ortho nitro benzene ring substituents is 1. The lowest BCUT2D eigenvalue weighted by Crippen LogP contribution is -2.29. The fourth-order valence-corrected chi connectivity index (χ4v) is 5.89. The number of hydrogen-bond donors (Lipinski definition) is 1. The molecule has 4 aromatic rings. The summed E-state index contributed by atoms with van der Waals surface area (Å²) in [7, 11) is 0. The number of allylic oxidation sites excluding steroid dienone is 1. The van der Waals surface area contributed by atoms with Gasteiger partial charge < -0.3 is 10.1 Å². The molecule has 0 radical (unpaired) electrons. The Bertz CT molecular complexity index is 1590. The molecule has 1 N–H and O–H groups in total. The molecule has 0 spiro atoms. The van der Waals surface area contributed by atoms with Gasteiger partial charge >= 0.3 is 0 Å². The molecule has 1 heterocycles. The molecule has 196 valence electrons. The average Bonchev–Trinajstić information content (AvgIpc) is 2.97. The molecule has 0 amide bonds. The number of nitrogens with zero attached hydrogens (tertiary/aromatic N) is 1. The lowest BCUT2D eigenvalue weighted by atomic mass is 9.71. The summed E-state index contributed by atoms with van der Waals surface area (Å²) in [5, 5.41) is 17.1. The zero-order chi connectivity index (χ0) is 26.9. The fourth-order valence-electron chi connectivity index (χ4n) is 5.89. The first-order valence-corrected chi connectivity index (χ1v) is 13.6. The molecular formula is C33H30N2O4. The number of nitro benzene ring substituents is 1. The van der Waals surface area contributed by atoms with E-state index in [1.54, 1.807) is 12.1 Å². The smallest absolute Gasteiger partial charge is 0.269 e. The highest BCUT2D eigenvalue weighted by atomic mass is 16.6. The Morgan fingerprint density at radius 2 is 1.67 bits per heavy atom. The van der Waals surface area contributed by atoms with Crippen molar-refractivity contribution in [2.45, 2.75) is 44.6 Å². The van der Waals surface area contributed by atoms with Crippen LogP contribution in [0.25, 0.3) is 16.3 Å². The standard InChI is InChI=1S/C33H30N2O4/c1-2-3-18-39-26-15-10-21(11-16-26)24-19-28-31-27-7-5-4-6-22(27)12-17-29(31)34-33(32(28)30(36)20-24)23-8-13-25(14-9-23)35(37)38/h4-17,24,33-34H,2-3,18-20H2,1H3/t24-,33+/m0/s1. The van der Waals surface area contributed by atoms with E-state index in [2.05, 4.69) is 48.6 Å². The number of ether oxygens (including phenoxy) is 1. The van der Waals surface area contributed by atoms with Gasteiger partial charge in [-0.1, -0.05) is 55.8 Å². The molecule has 0 saturated heterocycles. The van der Waals surface area contributed by atoms with E-state index < -0.39 is 4.92 Å². The summed E-state index contributed by atoms with van der Waals surface area (Å²) in [6, 6.07) is 26.8. The Balaban J connectivity index is 1.42. The lowest BCUT2D eigenvalue weighted by Gasteiger charge is -2.37. The van der Waals surface area contributed by atoms with E-state index in [-0.39, 0.29) is 23.4 Å². The van der Waals surface area contributed by atoms with Crippen LogP contribution in [0.15, 0.2) is 90.5 Å². The van der Waals surface area contributed by atoms with E-state index in [0.717, 1.165) is 69.3 Å². The summed E-state index contributed by atoms with van der Waals surface area (Å²) >= 11 is 0. The van der Waals surface area contributed by atoms with Gasteiger partial charge in [0.2, 0.25) is 0 Å². The maximum atomic E-state index is 13.9. The maximum Gasteiger partial charge on any atom is 0.269 e. The van der Waals surface area contributed by atoms with Crippen LogP contribution in [-0.4, -0.2) is 17.3 Å². The molecular weight excluding hydrogens is 488 g/mol. The molecule has 4 aromatic carbocycles. The van der Waals surface area contributed by atoms with Crippen molar-refractivity contribution in [2.24, 2.45) is 0 Å². The molecule has 6 rings (SSSR count). The third kappa shape index (κ3) is 4.67. The number of anilines is 1. The molecule has 2 aliphatic rings. The van der Waals surface area contributed by atoms with Crippen LogP contribution in [0.3, 0.4) is 0 Å². The van der Waals surface area contributed by atoms with Gasteiger partial charge in [-0.25, -0.2) is 0 Å². The maximum absolute atomic E-state index is 13.9. The van der Waals surface area contributed by atoms with Crippen molar-refractivity contribution in [3.63, 3.8) is 0 Å². The van der Waals surface area contributed by atoms with Gasteiger partial charge in [-0.3, -0.25) is 14.9 Å². The van der Waals surface area contributed by atoms with Gasteiger partial charge in [0.25, 0.3) is 5.69 Å². The Morgan fingerprint density at radius 1 is 0.923 bits per heavy atom.